The molecule has 3 aromatic heterocycles. The van der Waals surface area contributed by atoms with Crippen molar-refractivity contribution in [2.75, 3.05) is 54.4 Å². The molecule has 3 fully saturated rings. The number of fused-ring (bicyclic) bond motifs is 2. The average Bonchev–Trinajstić information content (AvgIpc) is 3.94. The number of hydrogen-bond acceptors (Lipinski definition) is 10. The first-order valence-electron chi connectivity index (χ1n) is 18.7. The fraction of sp³-hybridized carbons (Fsp3) is 0.325. The molecular formula is C40H39FN10O4. The fourth-order valence-corrected chi connectivity index (χ4v) is 8.19. The monoisotopic (exact) mass is 742 g/mol. The number of imide groups is 1. The van der Waals surface area contributed by atoms with Crippen LogP contribution in [0.15, 0.2) is 79.0 Å². The maximum Gasteiger partial charge on any atom is 0.255 e. The van der Waals surface area contributed by atoms with E-state index in [-0.39, 0.29) is 49.1 Å². The number of benzene rings is 2. The van der Waals surface area contributed by atoms with Gasteiger partial charge in [-0.3, -0.25) is 24.5 Å². The number of hydrogen-bond donors (Lipinski definition) is 2. The van der Waals surface area contributed by atoms with Gasteiger partial charge in [-0.1, -0.05) is 18.2 Å². The SMILES string of the molecule is O=C1CCC(N2Cc3cc(NCC(=O)N4CCN(c5cccc(-c6cnc7ccc(N8CCC[C@@H]8c8cccc(F)c8)nn67)n5)CC4)ccc3C2=O)C(=O)N1. The Morgan fingerprint density at radius 3 is 2.56 bits per heavy atom. The molecule has 0 saturated carbocycles. The third-order valence-corrected chi connectivity index (χ3v) is 11.0. The molecule has 0 spiro atoms. The van der Waals surface area contributed by atoms with Gasteiger partial charge in [0.2, 0.25) is 17.7 Å². The minimum atomic E-state index is -0.675. The lowest BCUT2D eigenvalue weighted by molar-refractivity contribution is -0.137. The van der Waals surface area contributed by atoms with Crippen LogP contribution in [0.25, 0.3) is 17.0 Å². The maximum absolute atomic E-state index is 14.1. The second-order valence-electron chi connectivity index (χ2n) is 14.4. The molecular weight excluding hydrogens is 704 g/mol. The van der Waals surface area contributed by atoms with Crippen molar-refractivity contribution in [1.82, 2.24) is 34.7 Å². The molecule has 14 nitrogen and oxygen atoms in total. The Morgan fingerprint density at radius 2 is 1.73 bits per heavy atom. The molecule has 1 unspecified atom stereocenters. The van der Waals surface area contributed by atoms with Gasteiger partial charge < -0.3 is 24.9 Å². The van der Waals surface area contributed by atoms with Crippen molar-refractivity contribution in [3.63, 3.8) is 0 Å². The molecule has 2 aromatic carbocycles. The van der Waals surface area contributed by atoms with Gasteiger partial charge in [0, 0.05) is 56.9 Å². The second-order valence-corrected chi connectivity index (χ2v) is 14.4. The van der Waals surface area contributed by atoms with Gasteiger partial charge in [0.25, 0.3) is 5.91 Å². The van der Waals surface area contributed by atoms with Gasteiger partial charge in [0.05, 0.1) is 24.5 Å². The highest BCUT2D eigenvalue weighted by Crippen LogP contribution is 2.36. The van der Waals surface area contributed by atoms with E-state index < -0.39 is 11.9 Å². The van der Waals surface area contributed by atoms with Crippen LogP contribution >= 0.6 is 0 Å². The average molecular weight is 743 g/mol. The lowest BCUT2D eigenvalue weighted by Gasteiger charge is -2.35. The molecule has 15 heteroatoms. The summed E-state index contributed by atoms with van der Waals surface area (Å²) >= 11 is 0. The summed E-state index contributed by atoms with van der Waals surface area (Å²) in [5.74, 6) is 0.330. The quantitative estimate of drug-likeness (QED) is 0.225. The summed E-state index contributed by atoms with van der Waals surface area (Å²) < 4.78 is 15.9. The molecule has 55 heavy (non-hydrogen) atoms. The van der Waals surface area contributed by atoms with E-state index >= 15 is 0 Å². The van der Waals surface area contributed by atoms with E-state index in [4.69, 9.17) is 10.1 Å². The van der Waals surface area contributed by atoms with Crippen LogP contribution in [-0.4, -0.2) is 98.3 Å². The Labute approximate surface area is 315 Å². The molecule has 4 amide bonds. The van der Waals surface area contributed by atoms with E-state index in [9.17, 15) is 23.6 Å². The van der Waals surface area contributed by atoms with E-state index in [1.165, 1.54) is 11.0 Å². The number of carbonyl (C=O) groups is 4. The van der Waals surface area contributed by atoms with Gasteiger partial charge >= 0.3 is 0 Å². The molecule has 4 aliphatic rings. The topological polar surface area (TPSA) is 148 Å². The van der Waals surface area contributed by atoms with Gasteiger partial charge in [-0.2, -0.15) is 0 Å². The molecule has 0 radical (unpaired) electrons. The van der Waals surface area contributed by atoms with Gasteiger partial charge in [0.1, 0.15) is 29.2 Å². The highest BCUT2D eigenvalue weighted by molar-refractivity contribution is 6.05. The summed E-state index contributed by atoms with van der Waals surface area (Å²) in [4.78, 5) is 67.6. The molecule has 5 aromatic rings. The van der Waals surface area contributed by atoms with Crippen molar-refractivity contribution in [3.05, 3.63) is 102 Å². The summed E-state index contributed by atoms with van der Waals surface area (Å²) in [6.07, 6.45) is 4.20. The fourth-order valence-electron chi connectivity index (χ4n) is 8.19. The Kier molecular flexibility index (Phi) is 8.83. The van der Waals surface area contributed by atoms with Crippen LogP contribution in [0.2, 0.25) is 0 Å². The smallest absolute Gasteiger partial charge is 0.255 e. The first-order valence-corrected chi connectivity index (χ1v) is 18.7. The van der Waals surface area contributed by atoms with Gasteiger partial charge in [-0.25, -0.2) is 18.9 Å². The summed E-state index contributed by atoms with van der Waals surface area (Å²) in [6.45, 7) is 3.50. The van der Waals surface area contributed by atoms with E-state index in [1.54, 1.807) is 30.5 Å². The third-order valence-electron chi connectivity index (χ3n) is 11.0. The number of nitrogens with one attached hydrogen (secondary N) is 2. The number of amides is 4. The van der Waals surface area contributed by atoms with Crippen LogP contribution in [0, 0.1) is 5.82 Å². The Balaban J connectivity index is 0.823. The van der Waals surface area contributed by atoms with Crippen molar-refractivity contribution >= 4 is 46.6 Å². The maximum atomic E-state index is 14.1. The number of piperidine rings is 1. The number of halogens is 1. The van der Waals surface area contributed by atoms with E-state index in [1.807, 2.05) is 51.9 Å². The zero-order valence-corrected chi connectivity index (χ0v) is 30.0. The summed E-state index contributed by atoms with van der Waals surface area (Å²) in [5.41, 5.74) is 5.15. The van der Waals surface area contributed by atoms with Crippen LogP contribution in [0.5, 0.6) is 0 Å². The zero-order valence-electron chi connectivity index (χ0n) is 30.0. The van der Waals surface area contributed by atoms with Crippen LogP contribution in [0.1, 0.15) is 53.2 Å². The van der Waals surface area contributed by atoms with Crippen molar-refractivity contribution in [3.8, 4) is 11.4 Å². The molecule has 3 saturated heterocycles. The van der Waals surface area contributed by atoms with Crippen LogP contribution < -0.4 is 20.4 Å². The van der Waals surface area contributed by atoms with Crippen molar-refractivity contribution in [1.29, 1.82) is 0 Å². The van der Waals surface area contributed by atoms with Gasteiger partial charge in [-0.15, -0.1) is 5.10 Å². The first kappa shape index (κ1) is 34.4. The Bertz CT molecular complexity index is 2340. The molecule has 7 heterocycles. The Hall–Kier alpha value is -6.38. The number of nitrogens with zero attached hydrogens (tertiary/aromatic N) is 8. The van der Waals surface area contributed by atoms with E-state index in [0.29, 0.717) is 49.5 Å². The van der Waals surface area contributed by atoms with Crippen LogP contribution in [-0.2, 0) is 20.9 Å². The zero-order chi connectivity index (χ0) is 37.6. The van der Waals surface area contributed by atoms with E-state index in [2.05, 4.69) is 25.4 Å². The van der Waals surface area contributed by atoms with Crippen molar-refractivity contribution in [2.45, 2.75) is 44.3 Å². The minimum absolute atomic E-state index is 0.0339. The summed E-state index contributed by atoms with van der Waals surface area (Å²) in [7, 11) is 0. The molecule has 4 aliphatic heterocycles. The summed E-state index contributed by atoms with van der Waals surface area (Å²) in [5, 5.41) is 10.5. The predicted octanol–water partition coefficient (Wildman–Crippen LogP) is 3.79. The molecule has 0 aliphatic carbocycles. The van der Waals surface area contributed by atoms with Crippen LogP contribution in [0.4, 0.5) is 21.7 Å². The molecule has 9 rings (SSSR count). The summed E-state index contributed by atoms with van der Waals surface area (Å²) in [6, 6.07) is 21.3. The van der Waals surface area contributed by atoms with Crippen molar-refractivity contribution in [2.24, 2.45) is 0 Å². The highest BCUT2D eigenvalue weighted by atomic mass is 19.1. The highest BCUT2D eigenvalue weighted by Gasteiger charge is 2.39. The standard InChI is InChI=1S/C40H39FN10O4/c41-27-5-1-4-25(20-27)31-7-3-15-49(31)36-13-12-34-43-22-33(51(34)46-36)30-6-2-8-35(44-30)47-16-18-48(19-17-47)38(53)23-42-28-9-10-29-26(21-28)24-50(40(29)55)32-11-14-37(52)45-39(32)54/h1-2,4-6,8-10,12-13,20-22,31-32,42H,3,7,11,14-19,23-24H2,(H,45,52,54)/t31-,32?/m1/s1. The van der Waals surface area contributed by atoms with Crippen molar-refractivity contribution < 1.29 is 23.6 Å². The van der Waals surface area contributed by atoms with Gasteiger partial charge in [-0.05, 0) is 85.0 Å². The number of anilines is 3. The second kappa shape index (κ2) is 14.1. The predicted molar refractivity (Wildman–Crippen MR) is 202 cm³/mol. The number of imidazole rings is 1. The van der Waals surface area contributed by atoms with Gasteiger partial charge in [0.15, 0.2) is 5.65 Å². The number of aromatic nitrogens is 4. The number of pyridine rings is 1. The molecule has 2 atom stereocenters. The third kappa shape index (κ3) is 6.59. The normalized spacial score (nSPS) is 20.0. The lowest BCUT2D eigenvalue weighted by atomic mass is 10.0. The van der Waals surface area contributed by atoms with Crippen LogP contribution in [0.3, 0.4) is 0 Å². The molecule has 2 N–H and O–H groups in total. The minimum Gasteiger partial charge on any atom is -0.376 e. The largest absolute Gasteiger partial charge is 0.376 e. The number of piperazine rings is 1. The molecule has 280 valence electrons. The number of rotatable bonds is 8. The van der Waals surface area contributed by atoms with E-state index in [0.717, 1.165) is 53.5 Å². The molecule has 0 bridgehead atoms. The first-order chi connectivity index (χ1) is 26.8. The lowest BCUT2D eigenvalue weighted by Crippen LogP contribution is -2.52. The number of carbonyl (C=O) groups excluding carboxylic acids is 4. The Morgan fingerprint density at radius 1 is 0.873 bits per heavy atom.